The van der Waals surface area contributed by atoms with Gasteiger partial charge in [-0.1, -0.05) is 54.6 Å². The number of benzene rings is 2. The number of ether oxygens (including phenoxy) is 1. The van der Waals surface area contributed by atoms with E-state index in [0.29, 0.717) is 6.42 Å². The summed E-state index contributed by atoms with van der Waals surface area (Å²) in [7, 11) is 1.70. The molecule has 1 amide bonds. The molecule has 160 valence electrons. The Bertz CT molecular complexity index is 1000. The van der Waals surface area contributed by atoms with Crippen molar-refractivity contribution in [2.45, 2.75) is 44.6 Å². The zero-order valence-electron chi connectivity index (χ0n) is 18.2. The van der Waals surface area contributed by atoms with E-state index in [4.69, 9.17) is 9.72 Å². The Kier molecular flexibility index (Phi) is 6.98. The van der Waals surface area contributed by atoms with Gasteiger partial charge in [-0.15, -0.1) is 0 Å². The zero-order valence-corrected chi connectivity index (χ0v) is 18.2. The molecule has 1 aromatic heterocycles. The lowest BCUT2D eigenvalue weighted by Gasteiger charge is -2.25. The number of para-hydroxylation sites is 1. The zero-order chi connectivity index (χ0) is 21.5. The van der Waals surface area contributed by atoms with Crippen LogP contribution in [0.15, 0.2) is 72.8 Å². The van der Waals surface area contributed by atoms with Crippen LogP contribution in [-0.2, 0) is 17.6 Å². The molecule has 0 saturated carbocycles. The number of carbonyl (C=O) groups excluding carboxylic acids is 1. The molecule has 1 aliphatic heterocycles. The molecule has 31 heavy (non-hydrogen) atoms. The first-order valence-electron chi connectivity index (χ1n) is 11.2. The molecule has 1 atom stereocenters. The van der Waals surface area contributed by atoms with Crippen molar-refractivity contribution in [1.29, 1.82) is 0 Å². The summed E-state index contributed by atoms with van der Waals surface area (Å²) in [6, 6.07) is 24.7. The number of pyridine rings is 1. The van der Waals surface area contributed by atoms with Crippen molar-refractivity contribution in [3.05, 3.63) is 95.3 Å². The number of carbonyl (C=O) groups is 1. The van der Waals surface area contributed by atoms with Crippen LogP contribution in [0.1, 0.15) is 54.2 Å². The summed E-state index contributed by atoms with van der Waals surface area (Å²) in [6.07, 6.45) is 5.15. The molecule has 0 bridgehead atoms. The van der Waals surface area contributed by atoms with E-state index in [1.165, 1.54) is 5.56 Å². The fraction of sp³-hybridized carbons (Fsp3) is 0.333. The highest BCUT2D eigenvalue weighted by molar-refractivity contribution is 5.77. The Morgan fingerprint density at radius 3 is 2.68 bits per heavy atom. The second-order valence-electron chi connectivity index (χ2n) is 8.13. The molecule has 0 aliphatic carbocycles. The molecule has 0 radical (unpaired) electrons. The highest BCUT2D eigenvalue weighted by atomic mass is 16.5. The molecule has 4 heteroatoms. The number of hydrogen-bond donors (Lipinski definition) is 0. The molecule has 0 spiro atoms. The lowest BCUT2D eigenvalue weighted by atomic mass is 10.1. The summed E-state index contributed by atoms with van der Waals surface area (Å²) < 4.78 is 5.48. The lowest BCUT2D eigenvalue weighted by molar-refractivity contribution is -0.132. The van der Waals surface area contributed by atoms with Gasteiger partial charge in [0.25, 0.3) is 0 Å². The second kappa shape index (κ2) is 10.3. The third-order valence-corrected chi connectivity index (χ3v) is 6.01. The number of aromatic nitrogens is 1. The standard InChI is InChI=1S/C27H30N2O2/c1-31-26-17-6-5-13-22(26)20-23-14-8-15-24(28-23)25-16-9-19-29(25)27(30)18-7-12-21-10-3-2-4-11-21/h2-6,8,10-11,13-15,17,25H,7,9,12,16,18-20H2,1H3/t25-/m0/s1. The first-order valence-corrected chi connectivity index (χ1v) is 11.2. The van der Waals surface area contributed by atoms with Gasteiger partial charge in [-0.05, 0) is 49.4 Å². The number of amides is 1. The van der Waals surface area contributed by atoms with E-state index >= 15 is 0 Å². The molecular formula is C27H30N2O2. The molecule has 1 aliphatic rings. The van der Waals surface area contributed by atoms with Crippen LogP contribution >= 0.6 is 0 Å². The number of methoxy groups -OCH3 is 1. The van der Waals surface area contributed by atoms with E-state index < -0.39 is 0 Å². The second-order valence-corrected chi connectivity index (χ2v) is 8.13. The van der Waals surface area contributed by atoms with Crippen molar-refractivity contribution < 1.29 is 9.53 Å². The predicted octanol–water partition coefficient (Wildman–Crippen LogP) is 5.37. The van der Waals surface area contributed by atoms with Gasteiger partial charge in [-0.3, -0.25) is 9.78 Å². The Morgan fingerprint density at radius 1 is 1.03 bits per heavy atom. The Hall–Kier alpha value is -3.14. The molecule has 1 fully saturated rings. The number of rotatable bonds is 8. The van der Waals surface area contributed by atoms with Crippen molar-refractivity contribution in [1.82, 2.24) is 9.88 Å². The van der Waals surface area contributed by atoms with Crippen LogP contribution in [0.2, 0.25) is 0 Å². The molecule has 0 N–H and O–H groups in total. The van der Waals surface area contributed by atoms with Gasteiger partial charge in [0.05, 0.1) is 18.8 Å². The smallest absolute Gasteiger partial charge is 0.223 e. The fourth-order valence-corrected chi connectivity index (χ4v) is 4.43. The van der Waals surface area contributed by atoms with E-state index in [2.05, 4.69) is 48.5 Å². The quantitative estimate of drug-likeness (QED) is 0.498. The molecular weight excluding hydrogens is 384 g/mol. The van der Waals surface area contributed by atoms with Crippen molar-refractivity contribution in [2.24, 2.45) is 0 Å². The van der Waals surface area contributed by atoms with Crippen LogP contribution in [0, 0.1) is 0 Å². The molecule has 4 nitrogen and oxygen atoms in total. The van der Waals surface area contributed by atoms with Crippen molar-refractivity contribution in [3.8, 4) is 5.75 Å². The Labute approximate surface area is 184 Å². The summed E-state index contributed by atoms with van der Waals surface area (Å²) in [5.41, 5.74) is 4.42. The Morgan fingerprint density at radius 2 is 1.84 bits per heavy atom. The first-order chi connectivity index (χ1) is 15.2. The van der Waals surface area contributed by atoms with Gasteiger partial charge < -0.3 is 9.64 Å². The summed E-state index contributed by atoms with van der Waals surface area (Å²) in [4.78, 5) is 19.9. The third kappa shape index (κ3) is 5.32. The SMILES string of the molecule is COc1ccccc1Cc1cccc([C@@H]2CCCN2C(=O)CCCc2ccccc2)n1. The van der Waals surface area contributed by atoms with Crippen LogP contribution in [0.25, 0.3) is 0 Å². The van der Waals surface area contributed by atoms with E-state index in [0.717, 1.165) is 61.3 Å². The number of nitrogens with zero attached hydrogens (tertiary/aromatic N) is 2. The summed E-state index contributed by atoms with van der Waals surface area (Å²) in [5, 5.41) is 0. The summed E-state index contributed by atoms with van der Waals surface area (Å²) in [6.45, 7) is 0.827. The molecule has 0 unspecified atom stereocenters. The van der Waals surface area contributed by atoms with Gasteiger partial charge in [0, 0.05) is 30.6 Å². The maximum atomic E-state index is 13.0. The molecule has 2 heterocycles. The normalized spacial score (nSPS) is 15.8. The number of likely N-dealkylation sites (tertiary alicyclic amines) is 1. The maximum Gasteiger partial charge on any atom is 0.223 e. The van der Waals surface area contributed by atoms with Crippen LogP contribution in [0.5, 0.6) is 5.75 Å². The van der Waals surface area contributed by atoms with Crippen LogP contribution < -0.4 is 4.74 Å². The maximum absolute atomic E-state index is 13.0. The number of hydrogen-bond acceptors (Lipinski definition) is 3. The van der Waals surface area contributed by atoms with Crippen molar-refractivity contribution in [2.75, 3.05) is 13.7 Å². The minimum atomic E-state index is 0.0850. The van der Waals surface area contributed by atoms with Crippen LogP contribution in [-0.4, -0.2) is 29.4 Å². The van der Waals surface area contributed by atoms with E-state index in [9.17, 15) is 4.79 Å². The Balaban J connectivity index is 1.41. The van der Waals surface area contributed by atoms with Crippen molar-refractivity contribution in [3.63, 3.8) is 0 Å². The van der Waals surface area contributed by atoms with Gasteiger partial charge in [0.2, 0.25) is 5.91 Å². The minimum absolute atomic E-state index is 0.0850. The van der Waals surface area contributed by atoms with Gasteiger partial charge in [0.15, 0.2) is 0 Å². The van der Waals surface area contributed by atoms with Crippen LogP contribution in [0.3, 0.4) is 0 Å². The van der Waals surface area contributed by atoms with Crippen LogP contribution in [0.4, 0.5) is 0 Å². The monoisotopic (exact) mass is 414 g/mol. The van der Waals surface area contributed by atoms with Gasteiger partial charge in [-0.25, -0.2) is 0 Å². The molecule has 1 saturated heterocycles. The van der Waals surface area contributed by atoms with E-state index in [1.54, 1.807) is 7.11 Å². The average molecular weight is 415 g/mol. The summed E-state index contributed by atoms with van der Waals surface area (Å²) >= 11 is 0. The third-order valence-electron chi connectivity index (χ3n) is 6.01. The van der Waals surface area contributed by atoms with E-state index in [1.807, 2.05) is 29.2 Å². The van der Waals surface area contributed by atoms with Crippen molar-refractivity contribution >= 4 is 5.91 Å². The van der Waals surface area contributed by atoms with Gasteiger partial charge in [-0.2, -0.15) is 0 Å². The van der Waals surface area contributed by atoms with Gasteiger partial charge in [0.1, 0.15) is 5.75 Å². The highest BCUT2D eigenvalue weighted by Gasteiger charge is 2.30. The largest absolute Gasteiger partial charge is 0.496 e. The molecule has 2 aromatic carbocycles. The lowest BCUT2D eigenvalue weighted by Crippen LogP contribution is -2.31. The first kappa shape index (κ1) is 21.1. The highest BCUT2D eigenvalue weighted by Crippen LogP contribution is 2.32. The fourth-order valence-electron chi connectivity index (χ4n) is 4.43. The topological polar surface area (TPSA) is 42.4 Å². The minimum Gasteiger partial charge on any atom is -0.496 e. The average Bonchev–Trinajstić information content (AvgIpc) is 3.30. The van der Waals surface area contributed by atoms with E-state index in [-0.39, 0.29) is 11.9 Å². The number of aryl methyl sites for hydroxylation is 1. The summed E-state index contributed by atoms with van der Waals surface area (Å²) in [5.74, 6) is 1.13. The van der Waals surface area contributed by atoms with Gasteiger partial charge >= 0.3 is 0 Å². The predicted molar refractivity (Wildman–Crippen MR) is 123 cm³/mol. The molecule has 3 aromatic rings. The molecule has 4 rings (SSSR count).